The third-order valence-electron chi connectivity index (χ3n) is 3.21. The molecule has 0 atom stereocenters. The van der Waals surface area contributed by atoms with E-state index < -0.39 is 41.8 Å². The summed E-state index contributed by atoms with van der Waals surface area (Å²) < 4.78 is 69.1. The maximum atomic E-state index is 12.9. The fourth-order valence-electron chi connectivity index (χ4n) is 2.43. The van der Waals surface area contributed by atoms with Gasteiger partial charge in [0.25, 0.3) is 5.92 Å². The molecule has 0 saturated heterocycles. The van der Waals surface area contributed by atoms with Crippen molar-refractivity contribution in [1.29, 1.82) is 0 Å². The van der Waals surface area contributed by atoms with E-state index in [1.807, 2.05) is 0 Å². The minimum Gasteiger partial charge on any atom is -0.496 e. The molecule has 0 radical (unpaired) electrons. The lowest BCUT2D eigenvalue weighted by atomic mass is 9.69. The minimum absolute atomic E-state index is 0.0317. The number of hydrogen-bond acceptors (Lipinski definition) is 2. The van der Waals surface area contributed by atoms with Crippen molar-refractivity contribution in [2.75, 3.05) is 7.11 Å². The highest BCUT2D eigenvalue weighted by molar-refractivity contribution is 5.48. The number of para-hydroxylation sites is 1. The van der Waals surface area contributed by atoms with Crippen molar-refractivity contribution in [3.8, 4) is 5.75 Å². The highest BCUT2D eigenvalue weighted by Crippen LogP contribution is 2.53. The van der Waals surface area contributed by atoms with Gasteiger partial charge in [0, 0.05) is 18.4 Å². The standard InChI is InChI=1S/C12H12F5NO/c1-19-9-7(10(18)5-11(13,14)6-10)3-2-4-8(9)12(15,16)17/h2-4H,5-6,18H2,1H3. The van der Waals surface area contributed by atoms with Crippen molar-refractivity contribution >= 4 is 0 Å². The second kappa shape index (κ2) is 4.06. The highest BCUT2D eigenvalue weighted by Gasteiger charge is 2.56. The molecular formula is C12H12F5NO. The van der Waals surface area contributed by atoms with E-state index in [0.717, 1.165) is 19.2 Å². The lowest BCUT2D eigenvalue weighted by Crippen LogP contribution is -2.55. The zero-order valence-corrected chi connectivity index (χ0v) is 10.0. The third-order valence-corrected chi connectivity index (χ3v) is 3.21. The molecule has 0 unspecified atom stereocenters. The van der Waals surface area contributed by atoms with Crippen LogP contribution in [0.1, 0.15) is 24.0 Å². The molecule has 1 aromatic rings. The Morgan fingerprint density at radius 3 is 2.21 bits per heavy atom. The topological polar surface area (TPSA) is 35.2 Å². The number of hydrogen-bond donors (Lipinski definition) is 1. The lowest BCUT2D eigenvalue weighted by molar-refractivity contribution is -0.139. The van der Waals surface area contributed by atoms with Crippen molar-refractivity contribution < 1.29 is 26.7 Å². The molecule has 1 aliphatic rings. The van der Waals surface area contributed by atoms with Gasteiger partial charge in [0.05, 0.1) is 18.2 Å². The Labute approximate surface area is 106 Å². The Hall–Kier alpha value is -1.37. The van der Waals surface area contributed by atoms with Gasteiger partial charge in [0.15, 0.2) is 0 Å². The maximum Gasteiger partial charge on any atom is 0.419 e. The Balaban J connectivity index is 2.48. The van der Waals surface area contributed by atoms with Gasteiger partial charge in [-0.05, 0) is 6.07 Å². The van der Waals surface area contributed by atoms with Crippen LogP contribution >= 0.6 is 0 Å². The first kappa shape index (κ1) is 14.0. The first-order valence-electron chi connectivity index (χ1n) is 5.50. The Morgan fingerprint density at radius 1 is 1.21 bits per heavy atom. The van der Waals surface area contributed by atoms with Crippen LogP contribution in [0.15, 0.2) is 18.2 Å². The van der Waals surface area contributed by atoms with Crippen molar-refractivity contribution in [1.82, 2.24) is 0 Å². The van der Waals surface area contributed by atoms with Crippen molar-refractivity contribution in [2.45, 2.75) is 30.5 Å². The molecule has 0 aromatic heterocycles. The summed E-state index contributed by atoms with van der Waals surface area (Å²) in [6.45, 7) is 0. The van der Waals surface area contributed by atoms with Crippen LogP contribution in [0, 0.1) is 0 Å². The van der Waals surface area contributed by atoms with Crippen LogP contribution in [0.5, 0.6) is 5.75 Å². The molecule has 2 nitrogen and oxygen atoms in total. The molecule has 0 spiro atoms. The quantitative estimate of drug-likeness (QED) is 0.844. The summed E-state index contributed by atoms with van der Waals surface area (Å²) in [5.74, 6) is -3.42. The van der Waals surface area contributed by atoms with Crippen LogP contribution in [0.3, 0.4) is 0 Å². The number of rotatable bonds is 2. The predicted octanol–water partition coefficient (Wildman–Crippen LogP) is 3.30. The Bertz CT molecular complexity index is 489. The molecule has 0 heterocycles. The average Bonchev–Trinajstić information content (AvgIpc) is 2.23. The van der Waals surface area contributed by atoms with Gasteiger partial charge in [-0.2, -0.15) is 13.2 Å². The Kier molecular flexibility index (Phi) is 3.00. The van der Waals surface area contributed by atoms with Crippen LogP contribution in [0.25, 0.3) is 0 Å². The zero-order valence-electron chi connectivity index (χ0n) is 10.0. The van der Waals surface area contributed by atoms with Gasteiger partial charge in [-0.15, -0.1) is 0 Å². The van der Waals surface area contributed by atoms with Crippen LogP contribution < -0.4 is 10.5 Å². The highest BCUT2D eigenvalue weighted by atomic mass is 19.4. The minimum atomic E-state index is -4.62. The molecule has 1 saturated carbocycles. The van der Waals surface area contributed by atoms with E-state index in [2.05, 4.69) is 0 Å². The molecule has 0 amide bonds. The van der Waals surface area contributed by atoms with Gasteiger partial charge >= 0.3 is 6.18 Å². The predicted molar refractivity (Wildman–Crippen MR) is 58.0 cm³/mol. The number of nitrogens with two attached hydrogens (primary N) is 1. The number of halogens is 5. The van der Waals surface area contributed by atoms with Crippen LogP contribution in [-0.2, 0) is 11.7 Å². The lowest BCUT2D eigenvalue weighted by Gasteiger charge is -2.45. The van der Waals surface area contributed by atoms with E-state index in [1.54, 1.807) is 0 Å². The summed E-state index contributed by atoms with van der Waals surface area (Å²) in [5.41, 5.74) is 3.25. The van der Waals surface area contributed by atoms with Crippen LogP contribution in [0.4, 0.5) is 22.0 Å². The van der Waals surface area contributed by atoms with Gasteiger partial charge in [0.1, 0.15) is 5.75 Å². The third kappa shape index (κ3) is 2.39. The molecule has 106 valence electrons. The van der Waals surface area contributed by atoms with Crippen LogP contribution in [0.2, 0.25) is 0 Å². The van der Waals surface area contributed by atoms with Gasteiger partial charge in [-0.1, -0.05) is 12.1 Å². The fourth-order valence-corrected chi connectivity index (χ4v) is 2.43. The number of methoxy groups -OCH3 is 1. The van der Waals surface area contributed by atoms with Gasteiger partial charge in [0.2, 0.25) is 0 Å². The average molecular weight is 281 g/mol. The molecule has 19 heavy (non-hydrogen) atoms. The number of benzene rings is 1. The largest absolute Gasteiger partial charge is 0.496 e. The zero-order chi connectivity index (χ0) is 14.5. The maximum absolute atomic E-state index is 12.9. The number of ether oxygens (including phenoxy) is 1. The monoisotopic (exact) mass is 281 g/mol. The smallest absolute Gasteiger partial charge is 0.419 e. The molecule has 2 rings (SSSR count). The first-order chi connectivity index (χ1) is 8.59. The summed E-state index contributed by atoms with van der Waals surface area (Å²) in [7, 11) is 1.06. The Morgan fingerprint density at radius 2 is 1.79 bits per heavy atom. The van der Waals surface area contributed by atoms with Gasteiger partial charge < -0.3 is 10.5 Å². The van der Waals surface area contributed by atoms with E-state index in [4.69, 9.17) is 10.5 Å². The molecule has 1 aromatic carbocycles. The van der Waals surface area contributed by atoms with Crippen molar-refractivity contribution in [2.24, 2.45) is 5.73 Å². The van der Waals surface area contributed by atoms with Gasteiger partial charge in [-0.3, -0.25) is 0 Å². The SMILES string of the molecule is COc1c(C(F)(F)F)cccc1C1(N)CC(F)(F)C1. The first-order valence-corrected chi connectivity index (χ1v) is 5.50. The van der Waals surface area contributed by atoms with Crippen molar-refractivity contribution in [3.05, 3.63) is 29.3 Å². The van der Waals surface area contributed by atoms with E-state index >= 15 is 0 Å². The summed E-state index contributed by atoms with van der Waals surface area (Å²) in [4.78, 5) is 0. The second-order valence-corrected chi connectivity index (χ2v) is 4.75. The van der Waals surface area contributed by atoms with Crippen molar-refractivity contribution in [3.63, 3.8) is 0 Å². The molecule has 7 heteroatoms. The van der Waals surface area contributed by atoms with E-state index in [0.29, 0.717) is 0 Å². The summed E-state index contributed by atoms with van der Waals surface area (Å²) in [6, 6.07) is 3.28. The second-order valence-electron chi connectivity index (χ2n) is 4.75. The number of alkyl halides is 5. The summed E-state index contributed by atoms with van der Waals surface area (Å²) in [6.07, 6.45) is -5.99. The van der Waals surface area contributed by atoms with E-state index in [-0.39, 0.29) is 5.56 Å². The van der Waals surface area contributed by atoms with E-state index in [1.165, 1.54) is 6.07 Å². The molecule has 2 N–H and O–H groups in total. The van der Waals surface area contributed by atoms with E-state index in [9.17, 15) is 22.0 Å². The summed E-state index contributed by atoms with van der Waals surface area (Å²) in [5, 5.41) is 0. The molecule has 1 aliphatic carbocycles. The molecule has 0 bridgehead atoms. The summed E-state index contributed by atoms with van der Waals surface area (Å²) >= 11 is 0. The normalized spacial score (nSPS) is 20.8. The van der Waals surface area contributed by atoms with Gasteiger partial charge in [-0.25, -0.2) is 8.78 Å². The molecule has 1 fully saturated rings. The van der Waals surface area contributed by atoms with Crippen LogP contribution in [-0.4, -0.2) is 13.0 Å². The molecule has 0 aliphatic heterocycles. The molecular weight excluding hydrogens is 269 g/mol. The fraction of sp³-hybridized carbons (Fsp3) is 0.500.